The quantitative estimate of drug-likeness (QED) is 0.609. The number of thioether (sulfide) groups is 1. The van der Waals surface area contributed by atoms with Crippen molar-refractivity contribution < 1.29 is 9.53 Å². The Kier molecular flexibility index (Phi) is 5.16. The number of carbonyl (C=O) groups excluding carboxylic acids is 1. The van der Waals surface area contributed by atoms with Gasteiger partial charge in [-0.15, -0.1) is 11.8 Å². The van der Waals surface area contributed by atoms with Crippen molar-refractivity contribution in [2.24, 2.45) is 5.92 Å². The molecule has 0 aliphatic heterocycles. The number of rotatable bonds is 4. The van der Waals surface area contributed by atoms with Crippen LogP contribution in [0.25, 0.3) is 0 Å². The van der Waals surface area contributed by atoms with Gasteiger partial charge in [0, 0.05) is 9.92 Å². The molecule has 4 heteroatoms. The van der Waals surface area contributed by atoms with Crippen LogP contribution in [-0.4, -0.2) is 18.3 Å². The molecule has 0 fully saturated rings. The molecule has 1 aromatic rings. The Morgan fingerprint density at radius 1 is 1.31 bits per heavy atom. The second-order valence-corrected chi connectivity index (χ2v) is 5.41. The highest BCUT2D eigenvalue weighted by Gasteiger charge is 2.23. The Labute approximate surface area is 105 Å². The maximum Gasteiger partial charge on any atom is 0.319 e. The van der Waals surface area contributed by atoms with Crippen LogP contribution in [0.3, 0.4) is 0 Å². The topological polar surface area (TPSA) is 26.3 Å². The molecule has 1 unspecified atom stereocenters. The molecule has 0 spiro atoms. The van der Waals surface area contributed by atoms with E-state index >= 15 is 0 Å². The van der Waals surface area contributed by atoms with Crippen LogP contribution >= 0.6 is 23.4 Å². The molecule has 0 aliphatic carbocycles. The average molecular weight is 259 g/mol. The zero-order valence-corrected chi connectivity index (χ0v) is 11.1. The van der Waals surface area contributed by atoms with E-state index in [-0.39, 0.29) is 17.1 Å². The number of carbonyl (C=O) groups is 1. The largest absolute Gasteiger partial charge is 0.468 e. The van der Waals surface area contributed by atoms with Crippen LogP contribution in [0.15, 0.2) is 29.2 Å². The summed E-state index contributed by atoms with van der Waals surface area (Å²) in [6, 6.07) is 7.45. The number of ether oxygens (including phenoxy) is 1. The van der Waals surface area contributed by atoms with Gasteiger partial charge < -0.3 is 4.74 Å². The van der Waals surface area contributed by atoms with Crippen LogP contribution in [0.5, 0.6) is 0 Å². The van der Waals surface area contributed by atoms with Gasteiger partial charge >= 0.3 is 5.97 Å². The molecule has 0 saturated carbocycles. The molecular weight excluding hydrogens is 244 g/mol. The van der Waals surface area contributed by atoms with Gasteiger partial charge in [-0.2, -0.15) is 0 Å². The van der Waals surface area contributed by atoms with Crippen LogP contribution in [0.2, 0.25) is 5.02 Å². The third-order valence-corrected chi connectivity index (χ3v) is 3.90. The fourth-order valence-corrected chi connectivity index (χ4v) is 2.41. The molecule has 0 aliphatic rings. The highest BCUT2D eigenvalue weighted by Crippen LogP contribution is 2.29. The SMILES string of the molecule is COC(=O)C(Sc1ccc(Cl)cc1)C(C)C. The number of halogens is 1. The van der Waals surface area contributed by atoms with Crippen LogP contribution in [0.1, 0.15) is 13.8 Å². The van der Waals surface area contributed by atoms with Gasteiger partial charge in [0.15, 0.2) is 0 Å². The molecule has 16 heavy (non-hydrogen) atoms. The molecule has 0 amide bonds. The monoisotopic (exact) mass is 258 g/mol. The fourth-order valence-electron chi connectivity index (χ4n) is 1.23. The standard InChI is InChI=1S/C12H15ClO2S/c1-8(2)11(12(14)15-3)16-10-6-4-9(13)5-7-10/h4-8,11H,1-3H3. The molecule has 0 N–H and O–H groups in total. The number of hydrogen-bond acceptors (Lipinski definition) is 3. The van der Waals surface area contributed by atoms with E-state index in [0.29, 0.717) is 5.02 Å². The zero-order chi connectivity index (χ0) is 12.1. The number of benzene rings is 1. The predicted octanol–water partition coefficient (Wildman–Crippen LogP) is 3.63. The van der Waals surface area contributed by atoms with Crippen molar-refractivity contribution in [2.45, 2.75) is 24.0 Å². The van der Waals surface area contributed by atoms with Crippen molar-refractivity contribution in [3.05, 3.63) is 29.3 Å². The smallest absolute Gasteiger partial charge is 0.319 e. The van der Waals surface area contributed by atoms with Gasteiger partial charge in [-0.1, -0.05) is 25.4 Å². The van der Waals surface area contributed by atoms with Crippen molar-refractivity contribution in [1.82, 2.24) is 0 Å². The second-order valence-electron chi connectivity index (χ2n) is 3.76. The van der Waals surface area contributed by atoms with Crippen molar-refractivity contribution in [3.8, 4) is 0 Å². The highest BCUT2D eigenvalue weighted by molar-refractivity contribution is 8.00. The Morgan fingerprint density at radius 3 is 2.31 bits per heavy atom. The molecule has 88 valence electrons. The van der Waals surface area contributed by atoms with Crippen molar-refractivity contribution in [3.63, 3.8) is 0 Å². The first kappa shape index (κ1) is 13.4. The zero-order valence-electron chi connectivity index (χ0n) is 9.57. The van der Waals surface area contributed by atoms with Gasteiger partial charge in [0.25, 0.3) is 0 Å². The number of hydrogen-bond donors (Lipinski definition) is 0. The molecule has 2 nitrogen and oxygen atoms in total. The summed E-state index contributed by atoms with van der Waals surface area (Å²) >= 11 is 7.30. The molecule has 0 aromatic heterocycles. The minimum absolute atomic E-state index is 0.175. The van der Waals surface area contributed by atoms with E-state index in [2.05, 4.69) is 0 Å². The van der Waals surface area contributed by atoms with E-state index in [0.717, 1.165) is 4.90 Å². The van der Waals surface area contributed by atoms with Gasteiger partial charge in [-0.25, -0.2) is 0 Å². The van der Waals surface area contributed by atoms with E-state index in [9.17, 15) is 4.79 Å². The number of methoxy groups -OCH3 is 1. The highest BCUT2D eigenvalue weighted by atomic mass is 35.5. The van der Waals surface area contributed by atoms with Gasteiger partial charge in [-0.3, -0.25) is 4.79 Å². The Bertz CT molecular complexity index is 349. The molecule has 0 radical (unpaired) electrons. The van der Waals surface area contributed by atoms with Crippen molar-refractivity contribution >= 4 is 29.3 Å². The van der Waals surface area contributed by atoms with E-state index in [1.165, 1.54) is 18.9 Å². The lowest BCUT2D eigenvalue weighted by molar-refractivity contribution is -0.140. The second kappa shape index (κ2) is 6.16. The molecule has 1 atom stereocenters. The van der Waals surface area contributed by atoms with E-state index < -0.39 is 0 Å². The molecule has 0 heterocycles. The summed E-state index contributed by atoms with van der Waals surface area (Å²) in [6.07, 6.45) is 0. The van der Waals surface area contributed by atoms with Crippen LogP contribution in [0, 0.1) is 5.92 Å². The van der Waals surface area contributed by atoms with Crippen LogP contribution in [-0.2, 0) is 9.53 Å². The lowest BCUT2D eigenvalue weighted by Gasteiger charge is -2.17. The minimum Gasteiger partial charge on any atom is -0.468 e. The Morgan fingerprint density at radius 2 is 1.88 bits per heavy atom. The van der Waals surface area contributed by atoms with Gasteiger partial charge in [-0.05, 0) is 30.2 Å². The normalized spacial score (nSPS) is 12.6. The average Bonchev–Trinajstić information content (AvgIpc) is 2.27. The van der Waals surface area contributed by atoms with E-state index in [1.807, 2.05) is 38.1 Å². The Balaban J connectivity index is 2.75. The van der Waals surface area contributed by atoms with Gasteiger partial charge in [0.2, 0.25) is 0 Å². The van der Waals surface area contributed by atoms with E-state index in [1.54, 1.807) is 0 Å². The summed E-state index contributed by atoms with van der Waals surface area (Å²) in [5.41, 5.74) is 0. The van der Waals surface area contributed by atoms with Crippen LogP contribution < -0.4 is 0 Å². The third kappa shape index (κ3) is 3.72. The molecule has 0 bridgehead atoms. The summed E-state index contributed by atoms with van der Waals surface area (Å²) in [5.74, 6) is 0.0445. The summed E-state index contributed by atoms with van der Waals surface area (Å²) in [7, 11) is 1.42. The Hall–Kier alpha value is -0.670. The lowest BCUT2D eigenvalue weighted by Crippen LogP contribution is -2.24. The molecular formula is C12H15ClO2S. The maximum atomic E-state index is 11.6. The molecule has 1 aromatic carbocycles. The molecule has 0 saturated heterocycles. The summed E-state index contributed by atoms with van der Waals surface area (Å²) in [5, 5.41) is 0.523. The third-order valence-electron chi connectivity index (χ3n) is 2.12. The number of esters is 1. The van der Waals surface area contributed by atoms with Crippen LogP contribution in [0.4, 0.5) is 0 Å². The lowest BCUT2D eigenvalue weighted by atomic mass is 10.1. The minimum atomic E-state index is -0.185. The van der Waals surface area contributed by atoms with Crippen molar-refractivity contribution in [2.75, 3.05) is 7.11 Å². The maximum absolute atomic E-state index is 11.6. The summed E-state index contributed by atoms with van der Waals surface area (Å²) in [4.78, 5) is 12.6. The molecule has 1 rings (SSSR count). The van der Waals surface area contributed by atoms with Gasteiger partial charge in [0.05, 0.1) is 7.11 Å². The fraction of sp³-hybridized carbons (Fsp3) is 0.417. The summed E-state index contributed by atoms with van der Waals surface area (Å²) in [6.45, 7) is 4.01. The van der Waals surface area contributed by atoms with E-state index in [4.69, 9.17) is 16.3 Å². The first-order valence-electron chi connectivity index (χ1n) is 5.04. The van der Waals surface area contributed by atoms with Crippen molar-refractivity contribution in [1.29, 1.82) is 0 Å². The summed E-state index contributed by atoms with van der Waals surface area (Å²) < 4.78 is 4.78. The first-order chi connectivity index (χ1) is 7.54. The van der Waals surface area contributed by atoms with Gasteiger partial charge in [0.1, 0.15) is 5.25 Å². The predicted molar refractivity (Wildman–Crippen MR) is 68.0 cm³/mol. The first-order valence-corrected chi connectivity index (χ1v) is 6.30.